The van der Waals surface area contributed by atoms with Gasteiger partial charge in [-0.15, -0.1) is 0 Å². The molecule has 0 saturated heterocycles. The van der Waals surface area contributed by atoms with Gasteiger partial charge in [0.25, 0.3) is 5.69 Å². The molecule has 0 spiro atoms. The Morgan fingerprint density at radius 2 is 1.15 bits per heavy atom. The lowest BCUT2D eigenvalue weighted by atomic mass is 10.2. The quantitative estimate of drug-likeness (QED) is 0.105. The summed E-state index contributed by atoms with van der Waals surface area (Å²) in [6.07, 6.45) is 0. The van der Waals surface area contributed by atoms with E-state index in [4.69, 9.17) is 14.5 Å². The van der Waals surface area contributed by atoms with Crippen LogP contribution in [0.4, 0.5) is 22.7 Å². The molecule has 1 aromatic heterocycles. The highest BCUT2D eigenvalue weighted by molar-refractivity contribution is 7.98. The zero-order chi connectivity index (χ0) is 33.0. The molecular weight excluding hydrogens is 643 g/mol. The molecule has 0 saturated carbocycles. The lowest BCUT2D eigenvalue weighted by Crippen LogP contribution is -2.28. The Hall–Kier alpha value is -4.87. The number of hydrogen-bond donors (Lipinski definition) is 0. The third kappa shape index (κ3) is 9.36. The number of hydrogen-bond acceptors (Lipinski definition) is 10. The van der Waals surface area contributed by atoms with Gasteiger partial charge in [-0.3, -0.25) is 15.1 Å². The fraction of sp³-hybridized carbons (Fsp3) is 0.216. The number of ether oxygens (including phenoxy) is 2. The van der Waals surface area contributed by atoms with Gasteiger partial charge in [-0.25, -0.2) is 0 Å². The highest BCUT2D eigenvalue weighted by atomic mass is 32.2. The molecule has 2 bridgehead atoms. The molecule has 2 heterocycles. The van der Waals surface area contributed by atoms with Crippen molar-refractivity contribution in [2.75, 3.05) is 29.5 Å². The second-order valence-electron chi connectivity index (χ2n) is 11.0. The molecular formula is C37H35N5O4S2. The number of aromatic nitrogens is 1. The van der Waals surface area contributed by atoms with Gasteiger partial charge in [0.15, 0.2) is 0 Å². The zero-order valence-electron chi connectivity index (χ0n) is 26.3. The van der Waals surface area contributed by atoms with E-state index >= 15 is 0 Å². The lowest BCUT2D eigenvalue weighted by molar-refractivity contribution is -0.384. The summed E-state index contributed by atoms with van der Waals surface area (Å²) >= 11 is 3.78. The maximum absolute atomic E-state index is 10.9. The summed E-state index contributed by atoms with van der Waals surface area (Å²) in [4.78, 5) is 17.7. The Morgan fingerprint density at radius 3 is 1.67 bits per heavy atom. The number of fused-ring (bicyclic) bond motifs is 4. The van der Waals surface area contributed by atoms with E-state index in [9.17, 15) is 10.1 Å². The van der Waals surface area contributed by atoms with Crippen LogP contribution in [0.15, 0.2) is 125 Å². The third-order valence-electron chi connectivity index (χ3n) is 7.64. The Bertz CT molecular complexity index is 1760. The topological polar surface area (TPSA) is 102 Å². The molecule has 6 rings (SSSR count). The van der Waals surface area contributed by atoms with E-state index in [1.807, 2.05) is 78.1 Å². The predicted molar refractivity (Wildman–Crippen MR) is 194 cm³/mol. The normalized spacial score (nSPS) is 14.6. The van der Waals surface area contributed by atoms with Gasteiger partial charge in [-0.1, -0.05) is 42.5 Å². The number of pyridine rings is 1. The number of nitro groups is 1. The number of anilines is 1. The van der Waals surface area contributed by atoms with Gasteiger partial charge in [0.05, 0.1) is 27.7 Å². The van der Waals surface area contributed by atoms with Gasteiger partial charge in [0.2, 0.25) is 0 Å². The first-order valence-corrected chi connectivity index (χ1v) is 17.9. The molecule has 0 radical (unpaired) electrons. The number of thioether (sulfide) groups is 2. The number of benzene rings is 4. The minimum absolute atomic E-state index is 0.0258. The van der Waals surface area contributed by atoms with Crippen molar-refractivity contribution in [1.82, 2.24) is 4.98 Å². The summed E-state index contributed by atoms with van der Waals surface area (Å²) in [7, 11) is 0. The van der Waals surface area contributed by atoms with Gasteiger partial charge >= 0.3 is 0 Å². The molecule has 4 aromatic carbocycles. The number of non-ortho nitro benzene ring substituents is 1. The molecule has 5 aromatic rings. The standard InChI is InChI=1S/C37H35N5O4S2/c43-42(44)35-18-14-31(15-19-35)40-39-30-12-16-34(17-13-30)41-20-22-47-26-28-6-1-3-10-36(28)45-24-32-8-5-9-33(38-32)25-46-37-11-4-2-7-29(37)27-48-23-21-41/h1-19H,20-27H2. The summed E-state index contributed by atoms with van der Waals surface area (Å²) in [6.45, 7) is 2.54. The third-order valence-corrected chi connectivity index (χ3v) is 9.62. The Balaban J connectivity index is 1.16. The highest BCUT2D eigenvalue weighted by Crippen LogP contribution is 2.28. The summed E-state index contributed by atoms with van der Waals surface area (Å²) in [5, 5.41) is 19.5. The van der Waals surface area contributed by atoms with E-state index in [0.29, 0.717) is 24.6 Å². The molecule has 244 valence electrons. The summed E-state index contributed by atoms with van der Waals surface area (Å²) in [5.41, 5.74) is 6.48. The average Bonchev–Trinajstić information content (AvgIpc) is 3.12. The molecule has 1 aliphatic heterocycles. The van der Waals surface area contributed by atoms with Gasteiger partial charge in [-0.2, -0.15) is 33.8 Å². The van der Waals surface area contributed by atoms with Crippen molar-refractivity contribution >= 4 is 46.3 Å². The molecule has 0 fully saturated rings. The van der Waals surface area contributed by atoms with Crippen LogP contribution < -0.4 is 14.4 Å². The molecule has 0 aliphatic carbocycles. The van der Waals surface area contributed by atoms with Crippen molar-refractivity contribution in [2.45, 2.75) is 24.7 Å². The fourth-order valence-electron chi connectivity index (χ4n) is 5.09. The number of nitrogens with zero attached hydrogens (tertiary/aromatic N) is 5. The average molecular weight is 678 g/mol. The van der Waals surface area contributed by atoms with Crippen molar-refractivity contribution in [3.63, 3.8) is 0 Å². The van der Waals surface area contributed by atoms with E-state index in [-0.39, 0.29) is 5.69 Å². The second-order valence-corrected chi connectivity index (χ2v) is 13.2. The lowest BCUT2D eigenvalue weighted by Gasteiger charge is -2.25. The van der Waals surface area contributed by atoms with E-state index in [1.165, 1.54) is 12.1 Å². The second kappa shape index (κ2) is 16.8. The largest absolute Gasteiger partial charge is 0.487 e. The maximum Gasteiger partial charge on any atom is 0.269 e. The molecule has 9 nitrogen and oxygen atoms in total. The van der Waals surface area contributed by atoms with Crippen LogP contribution in [0.5, 0.6) is 11.5 Å². The first-order valence-electron chi connectivity index (χ1n) is 15.6. The fourth-order valence-corrected chi connectivity index (χ4v) is 7.00. The van der Waals surface area contributed by atoms with Crippen LogP contribution in [0, 0.1) is 10.1 Å². The van der Waals surface area contributed by atoms with E-state index in [1.54, 1.807) is 12.1 Å². The SMILES string of the molecule is O=[N+]([O-])c1ccc(N=Nc2ccc(N3CCSCc4ccccc4OCc4cccc(n4)COc4ccccc4CSCC3)cc2)cc1. The van der Waals surface area contributed by atoms with Gasteiger partial charge in [-0.05, 0) is 60.7 Å². The number of nitro benzene ring substituents is 1. The smallest absolute Gasteiger partial charge is 0.269 e. The van der Waals surface area contributed by atoms with Gasteiger partial charge in [0.1, 0.15) is 24.7 Å². The molecule has 11 heteroatoms. The van der Waals surface area contributed by atoms with Crippen LogP contribution in [0.1, 0.15) is 22.5 Å². The molecule has 1 aliphatic rings. The Morgan fingerprint density at radius 1 is 0.646 bits per heavy atom. The van der Waals surface area contributed by atoms with E-state index in [2.05, 4.69) is 51.5 Å². The minimum atomic E-state index is -0.429. The Labute approximate surface area is 288 Å². The first-order chi connectivity index (χ1) is 23.6. The summed E-state index contributed by atoms with van der Waals surface area (Å²) in [6, 6.07) is 36.5. The predicted octanol–water partition coefficient (Wildman–Crippen LogP) is 9.55. The molecule has 0 N–H and O–H groups in total. The monoisotopic (exact) mass is 677 g/mol. The maximum atomic E-state index is 10.9. The van der Waals surface area contributed by atoms with Crippen LogP contribution in [0.25, 0.3) is 0 Å². The van der Waals surface area contributed by atoms with Crippen molar-refractivity contribution in [3.05, 3.63) is 148 Å². The van der Waals surface area contributed by atoms with Crippen LogP contribution in [-0.2, 0) is 24.7 Å². The Kier molecular flexibility index (Phi) is 11.6. The van der Waals surface area contributed by atoms with Gasteiger partial charge in [0, 0.05) is 65.0 Å². The molecule has 0 amide bonds. The zero-order valence-corrected chi connectivity index (χ0v) is 27.9. The summed E-state index contributed by atoms with van der Waals surface area (Å²) in [5.74, 6) is 5.34. The van der Waals surface area contributed by atoms with Crippen molar-refractivity contribution < 1.29 is 14.4 Å². The van der Waals surface area contributed by atoms with Crippen molar-refractivity contribution in [3.8, 4) is 11.5 Å². The van der Waals surface area contributed by atoms with Crippen LogP contribution in [0.3, 0.4) is 0 Å². The first kappa shape index (κ1) is 33.0. The highest BCUT2D eigenvalue weighted by Gasteiger charge is 2.12. The number of rotatable bonds is 4. The summed E-state index contributed by atoms with van der Waals surface area (Å²) < 4.78 is 12.5. The van der Waals surface area contributed by atoms with Crippen LogP contribution in [-0.4, -0.2) is 34.5 Å². The minimum Gasteiger partial charge on any atom is -0.487 e. The molecule has 0 unspecified atom stereocenters. The van der Waals surface area contributed by atoms with E-state index < -0.39 is 4.92 Å². The molecule has 0 atom stereocenters. The number of para-hydroxylation sites is 2. The molecule has 48 heavy (non-hydrogen) atoms. The van der Waals surface area contributed by atoms with Crippen LogP contribution >= 0.6 is 23.5 Å². The van der Waals surface area contributed by atoms with Crippen molar-refractivity contribution in [2.24, 2.45) is 10.2 Å². The van der Waals surface area contributed by atoms with E-state index in [0.717, 1.165) is 75.8 Å². The van der Waals surface area contributed by atoms with Crippen LogP contribution in [0.2, 0.25) is 0 Å². The van der Waals surface area contributed by atoms with Gasteiger partial charge < -0.3 is 14.4 Å². The van der Waals surface area contributed by atoms with Crippen molar-refractivity contribution in [1.29, 1.82) is 0 Å². The number of azo groups is 1.